The molecule has 3 N–H and O–H groups in total. The molecule has 0 aliphatic carbocycles. The molecular weight excluding hydrogens is 555 g/mol. The van der Waals surface area contributed by atoms with Crippen LogP contribution in [0.1, 0.15) is 48.1 Å². The van der Waals surface area contributed by atoms with Crippen molar-refractivity contribution in [1.82, 2.24) is 9.97 Å². The van der Waals surface area contributed by atoms with E-state index in [4.69, 9.17) is 33.2 Å². The minimum absolute atomic E-state index is 0.293. The average Bonchev–Trinajstić information content (AvgIpc) is 2.89. The number of hydrogen-bond acceptors (Lipinski definition) is 8. The fourth-order valence-electron chi connectivity index (χ4n) is 3.48. The minimum atomic E-state index is -0.732. The van der Waals surface area contributed by atoms with Crippen LogP contribution in [0.25, 0.3) is 6.08 Å². The summed E-state index contributed by atoms with van der Waals surface area (Å²) in [7, 11) is 1.44. The highest BCUT2D eigenvalue weighted by atomic mass is 35.5. The van der Waals surface area contributed by atoms with Crippen molar-refractivity contribution in [3.8, 4) is 11.8 Å². The molecule has 11 heteroatoms. The third-order valence-electron chi connectivity index (χ3n) is 5.24. The van der Waals surface area contributed by atoms with Gasteiger partial charge in [-0.25, -0.2) is 9.97 Å². The number of thiol groups is 1. The molecule has 0 aliphatic heterocycles. The van der Waals surface area contributed by atoms with Crippen molar-refractivity contribution >= 4 is 53.7 Å². The molecule has 0 radical (unpaired) electrons. The highest BCUT2D eigenvalue weighted by Crippen LogP contribution is 2.30. The quantitative estimate of drug-likeness (QED) is 0.0809. The number of alkyl halides is 1. The maximum atomic E-state index is 9.47. The first kappa shape index (κ1) is 32.2. The molecule has 1 atom stereocenters. The molecule has 0 fully saturated rings. The van der Waals surface area contributed by atoms with Crippen LogP contribution in [0.3, 0.4) is 0 Å². The number of hydroxylamine groups is 1. The van der Waals surface area contributed by atoms with Gasteiger partial charge in [-0.15, -0.1) is 11.6 Å². The summed E-state index contributed by atoms with van der Waals surface area (Å²) >= 11 is 15.5. The van der Waals surface area contributed by atoms with Gasteiger partial charge in [0.15, 0.2) is 5.75 Å². The third-order valence-corrected chi connectivity index (χ3v) is 5.77. The first-order valence-electron chi connectivity index (χ1n) is 12.4. The van der Waals surface area contributed by atoms with E-state index in [2.05, 4.69) is 77.7 Å². The number of allylic oxidation sites excluding steroid dienone is 1. The predicted molar refractivity (Wildman–Crippen MR) is 162 cm³/mol. The van der Waals surface area contributed by atoms with Crippen LogP contribution in [0.4, 0.5) is 11.6 Å². The fourth-order valence-corrected chi connectivity index (χ4v) is 3.95. The van der Waals surface area contributed by atoms with E-state index in [1.54, 1.807) is 12.4 Å². The number of aromatic nitrogens is 2. The summed E-state index contributed by atoms with van der Waals surface area (Å²) in [6.45, 7) is 7.22. The van der Waals surface area contributed by atoms with E-state index in [1.807, 2.05) is 25.1 Å². The van der Waals surface area contributed by atoms with Gasteiger partial charge in [-0.2, -0.15) is 15.9 Å². The number of nitriles is 1. The van der Waals surface area contributed by atoms with Crippen molar-refractivity contribution in [2.45, 2.75) is 40.2 Å². The largest absolute Gasteiger partial charge is 0.489 e. The molecule has 1 aromatic heterocycles. The Morgan fingerprint density at radius 3 is 2.51 bits per heavy atom. The Kier molecular flexibility index (Phi) is 13.4. The van der Waals surface area contributed by atoms with Crippen LogP contribution in [0.5, 0.6) is 5.75 Å². The SMILES string of the molecule is C/C=C\c1cc(CNc2cnc(N[N+](C)(O)S)nc2)ccc1C.CCCc1cc(Cl)c(OCCCl)c(C#N)c1. The van der Waals surface area contributed by atoms with Gasteiger partial charge in [0.05, 0.1) is 34.5 Å². The number of quaternary nitrogens is 1. The zero-order chi connectivity index (χ0) is 28.8. The van der Waals surface area contributed by atoms with Crippen LogP contribution < -0.4 is 15.5 Å². The molecule has 0 saturated heterocycles. The number of hydrogen-bond donors (Lipinski definition) is 4. The molecule has 2 aromatic carbocycles. The molecule has 0 spiro atoms. The normalized spacial score (nSPS) is 12.2. The molecule has 1 heterocycles. The van der Waals surface area contributed by atoms with Crippen molar-refractivity contribution in [2.75, 3.05) is 30.3 Å². The predicted octanol–water partition coefficient (Wildman–Crippen LogP) is 7.22. The number of rotatable bonds is 11. The lowest BCUT2D eigenvalue weighted by Crippen LogP contribution is -2.36. The monoisotopic (exact) mass is 589 g/mol. The minimum Gasteiger partial charge on any atom is -0.489 e. The van der Waals surface area contributed by atoms with Crippen molar-refractivity contribution in [1.29, 1.82) is 5.26 Å². The van der Waals surface area contributed by atoms with Gasteiger partial charge in [0.1, 0.15) is 32.5 Å². The summed E-state index contributed by atoms with van der Waals surface area (Å²) < 4.78 is 4.62. The molecule has 3 aromatic rings. The van der Waals surface area contributed by atoms with Gasteiger partial charge in [0.2, 0.25) is 0 Å². The second-order valence-electron chi connectivity index (χ2n) is 8.72. The smallest absolute Gasteiger partial charge is 0.273 e. The molecule has 208 valence electrons. The average molecular weight is 591 g/mol. The standard InChI is InChI=1S/C16H22N5OS.C12H13Cl2NO/c1-4-5-14-8-13(7-6-12(14)2)9-17-15-10-18-16(19-11-15)20-21(3,22)23;1-2-3-9-6-10(8-15)12(11(14)7-9)16-5-4-13/h4-8,10-11,17,22-23H,9H2,1-3H3,(H,18,19,20);6-7H,2-5H2,1H3/q+1;/b5-4-;. The van der Waals surface area contributed by atoms with Gasteiger partial charge in [0, 0.05) is 6.54 Å². The van der Waals surface area contributed by atoms with E-state index in [1.165, 1.54) is 23.7 Å². The molecule has 8 nitrogen and oxygen atoms in total. The van der Waals surface area contributed by atoms with Crippen molar-refractivity contribution in [3.63, 3.8) is 0 Å². The van der Waals surface area contributed by atoms with Crippen molar-refractivity contribution in [2.24, 2.45) is 0 Å². The van der Waals surface area contributed by atoms with E-state index in [-0.39, 0.29) is 0 Å². The van der Waals surface area contributed by atoms with Gasteiger partial charge in [-0.3, -0.25) is 0 Å². The first-order chi connectivity index (χ1) is 18.6. The molecular formula is C28H35Cl2N6O2S+. The number of nitrogens with zero attached hydrogens (tertiary/aromatic N) is 4. The molecule has 3 rings (SSSR count). The summed E-state index contributed by atoms with van der Waals surface area (Å²) in [5, 5.41) is 22.2. The summed E-state index contributed by atoms with van der Waals surface area (Å²) in [6.07, 6.45) is 9.37. The second-order valence-corrected chi connectivity index (χ2v) is 10.3. The Labute approximate surface area is 246 Å². The highest BCUT2D eigenvalue weighted by Gasteiger charge is 2.14. The highest BCUT2D eigenvalue weighted by molar-refractivity contribution is 7.74. The Hall–Kier alpha value is -3.00. The Balaban J connectivity index is 0.000000293. The zero-order valence-electron chi connectivity index (χ0n) is 22.6. The summed E-state index contributed by atoms with van der Waals surface area (Å²) in [6, 6.07) is 12.1. The Morgan fingerprint density at radius 1 is 1.21 bits per heavy atom. The van der Waals surface area contributed by atoms with Crippen LogP contribution in [0.2, 0.25) is 5.02 Å². The van der Waals surface area contributed by atoms with E-state index in [0.29, 0.717) is 41.3 Å². The lowest BCUT2D eigenvalue weighted by Gasteiger charge is -2.16. The van der Waals surface area contributed by atoms with Crippen LogP contribution in [-0.4, -0.2) is 38.9 Å². The van der Waals surface area contributed by atoms with Gasteiger partial charge >= 0.3 is 0 Å². The molecule has 1 unspecified atom stereocenters. The van der Waals surface area contributed by atoms with Crippen molar-refractivity contribution < 1.29 is 14.1 Å². The molecule has 0 saturated carbocycles. The van der Waals surface area contributed by atoms with Crippen LogP contribution >= 0.6 is 36.0 Å². The second kappa shape index (κ2) is 16.2. The number of halogens is 2. The first-order valence-corrected chi connectivity index (χ1v) is 13.7. The van der Waals surface area contributed by atoms with Crippen LogP contribution in [0.15, 0.2) is 48.8 Å². The van der Waals surface area contributed by atoms with Gasteiger partial charge in [-0.1, -0.05) is 49.2 Å². The number of nitrogens with one attached hydrogen (secondary N) is 2. The molecule has 39 heavy (non-hydrogen) atoms. The Morgan fingerprint density at radius 2 is 1.92 bits per heavy atom. The van der Waals surface area contributed by atoms with Crippen molar-refractivity contribution in [3.05, 3.63) is 81.6 Å². The van der Waals surface area contributed by atoms with E-state index in [0.717, 1.165) is 24.1 Å². The maximum Gasteiger partial charge on any atom is 0.273 e. The van der Waals surface area contributed by atoms with Crippen LogP contribution in [0, 0.1) is 18.3 Å². The lowest BCUT2D eigenvalue weighted by atomic mass is 10.0. The van der Waals surface area contributed by atoms with Crippen LogP contribution in [-0.2, 0) is 13.0 Å². The third kappa shape index (κ3) is 11.3. The number of aryl methyl sites for hydroxylation is 2. The number of ether oxygens (including phenoxy) is 1. The maximum absolute atomic E-state index is 9.47. The number of benzene rings is 2. The lowest BCUT2D eigenvalue weighted by molar-refractivity contribution is -0.955. The molecule has 0 amide bonds. The summed E-state index contributed by atoms with van der Waals surface area (Å²) in [4.78, 5) is 8.23. The summed E-state index contributed by atoms with van der Waals surface area (Å²) in [5.74, 6) is 1.10. The number of anilines is 2. The van der Waals surface area contributed by atoms with E-state index in [9.17, 15) is 5.21 Å². The molecule has 0 aliphatic rings. The Bertz CT molecular complexity index is 1270. The van der Waals surface area contributed by atoms with Gasteiger partial charge < -0.3 is 10.1 Å². The molecule has 0 bridgehead atoms. The van der Waals surface area contributed by atoms with E-state index >= 15 is 0 Å². The van der Waals surface area contributed by atoms with Gasteiger partial charge in [-0.05, 0) is 64.9 Å². The fraction of sp³-hybridized carbons (Fsp3) is 0.321. The zero-order valence-corrected chi connectivity index (χ0v) is 25.0. The summed E-state index contributed by atoms with van der Waals surface area (Å²) in [5.41, 5.74) is 8.59. The topological polar surface area (TPSA) is 103 Å². The van der Waals surface area contributed by atoms with Gasteiger partial charge in [0.25, 0.3) is 5.95 Å². The van der Waals surface area contributed by atoms with E-state index < -0.39 is 4.16 Å².